The molecule has 2 aromatic carbocycles. The van der Waals surface area contributed by atoms with E-state index in [0.29, 0.717) is 28.5 Å². The molecule has 0 bridgehead atoms. The van der Waals surface area contributed by atoms with Crippen molar-refractivity contribution in [3.05, 3.63) is 81.4 Å². The van der Waals surface area contributed by atoms with E-state index in [2.05, 4.69) is 16.0 Å². The van der Waals surface area contributed by atoms with Crippen LogP contribution in [0.3, 0.4) is 0 Å². The second kappa shape index (κ2) is 7.09. The number of nitrogens with one attached hydrogen (secondary N) is 1. The standard InChI is InChI=1S/C22H16N4O3/c1-13-8-19-20(9-14(13)2)25-22(24-19)16(12-23)11-18-6-7-21(29-18)15-4-3-5-17(10-15)26(27)28/h3-11H,1-2H3,(H,24,25). The van der Waals surface area contributed by atoms with Crippen LogP contribution in [0.2, 0.25) is 0 Å². The number of H-pyrrole nitrogens is 1. The van der Waals surface area contributed by atoms with Gasteiger partial charge in [-0.2, -0.15) is 5.26 Å². The van der Waals surface area contributed by atoms with Crippen LogP contribution in [0.5, 0.6) is 0 Å². The maximum atomic E-state index is 11.0. The molecular formula is C22H16N4O3. The number of furan rings is 1. The molecule has 7 nitrogen and oxygen atoms in total. The fourth-order valence-corrected chi connectivity index (χ4v) is 3.05. The van der Waals surface area contributed by atoms with Crippen LogP contribution < -0.4 is 0 Å². The Morgan fingerprint density at radius 2 is 2.00 bits per heavy atom. The Labute approximate surface area is 166 Å². The van der Waals surface area contributed by atoms with Crippen molar-refractivity contribution in [2.24, 2.45) is 0 Å². The first-order chi connectivity index (χ1) is 13.9. The summed E-state index contributed by atoms with van der Waals surface area (Å²) in [6.45, 7) is 4.04. The number of imidazole rings is 1. The quantitative estimate of drug-likeness (QED) is 0.287. The number of aryl methyl sites for hydroxylation is 2. The van der Waals surface area contributed by atoms with E-state index in [4.69, 9.17) is 4.42 Å². The first kappa shape index (κ1) is 18.2. The molecule has 4 aromatic rings. The van der Waals surface area contributed by atoms with Crippen LogP contribution in [0.1, 0.15) is 22.7 Å². The number of nitriles is 1. The van der Waals surface area contributed by atoms with Crippen molar-refractivity contribution < 1.29 is 9.34 Å². The molecule has 0 aliphatic heterocycles. The molecule has 4 rings (SSSR count). The van der Waals surface area contributed by atoms with Crippen molar-refractivity contribution in [1.29, 1.82) is 5.26 Å². The van der Waals surface area contributed by atoms with Gasteiger partial charge in [0.2, 0.25) is 0 Å². The van der Waals surface area contributed by atoms with Gasteiger partial charge in [0.25, 0.3) is 5.69 Å². The van der Waals surface area contributed by atoms with Crippen LogP contribution >= 0.6 is 0 Å². The molecular weight excluding hydrogens is 368 g/mol. The zero-order chi connectivity index (χ0) is 20.5. The van der Waals surface area contributed by atoms with Gasteiger partial charge in [-0.3, -0.25) is 10.1 Å². The number of hydrogen-bond acceptors (Lipinski definition) is 5. The highest BCUT2D eigenvalue weighted by Gasteiger charge is 2.12. The lowest BCUT2D eigenvalue weighted by atomic mass is 10.1. The van der Waals surface area contributed by atoms with Gasteiger partial charge in [-0.15, -0.1) is 0 Å². The summed E-state index contributed by atoms with van der Waals surface area (Å²) in [6.07, 6.45) is 1.60. The number of rotatable bonds is 4. The van der Waals surface area contributed by atoms with E-state index in [0.717, 1.165) is 22.2 Å². The molecule has 0 aliphatic rings. The number of aromatic amines is 1. The van der Waals surface area contributed by atoms with Gasteiger partial charge in [0.15, 0.2) is 0 Å². The van der Waals surface area contributed by atoms with Gasteiger partial charge < -0.3 is 9.40 Å². The Balaban J connectivity index is 1.69. The minimum atomic E-state index is -0.452. The third-order valence-corrected chi connectivity index (χ3v) is 4.73. The lowest BCUT2D eigenvalue weighted by Gasteiger charge is -1.97. The summed E-state index contributed by atoms with van der Waals surface area (Å²) in [7, 11) is 0. The Morgan fingerprint density at radius 3 is 2.76 bits per heavy atom. The lowest BCUT2D eigenvalue weighted by molar-refractivity contribution is -0.384. The molecule has 0 saturated heterocycles. The zero-order valence-corrected chi connectivity index (χ0v) is 15.8. The fourth-order valence-electron chi connectivity index (χ4n) is 3.05. The highest BCUT2D eigenvalue weighted by atomic mass is 16.6. The third kappa shape index (κ3) is 3.51. The predicted molar refractivity (Wildman–Crippen MR) is 110 cm³/mol. The van der Waals surface area contributed by atoms with Crippen molar-refractivity contribution in [3.8, 4) is 17.4 Å². The molecule has 0 amide bonds. The van der Waals surface area contributed by atoms with Crippen molar-refractivity contribution in [1.82, 2.24) is 9.97 Å². The molecule has 2 aromatic heterocycles. The minimum Gasteiger partial charge on any atom is -0.457 e. The van der Waals surface area contributed by atoms with E-state index >= 15 is 0 Å². The minimum absolute atomic E-state index is 0.0124. The van der Waals surface area contributed by atoms with Crippen molar-refractivity contribution in [3.63, 3.8) is 0 Å². The molecule has 1 N–H and O–H groups in total. The molecule has 0 radical (unpaired) electrons. The molecule has 0 spiro atoms. The van der Waals surface area contributed by atoms with Crippen molar-refractivity contribution >= 4 is 28.4 Å². The predicted octanol–water partition coefficient (Wildman–Crippen LogP) is 5.41. The number of non-ortho nitro benzene ring substituents is 1. The second-order valence-corrected chi connectivity index (χ2v) is 6.72. The summed E-state index contributed by atoms with van der Waals surface area (Å²) >= 11 is 0. The Kier molecular flexibility index (Phi) is 4.45. The number of allylic oxidation sites excluding steroid dienone is 1. The maximum absolute atomic E-state index is 11.0. The Hall–Kier alpha value is -4.18. The van der Waals surface area contributed by atoms with Gasteiger partial charge in [-0.25, -0.2) is 4.98 Å². The number of aromatic nitrogens is 2. The number of benzene rings is 2. The molecule has 0 aliphatic carbocycles. The maximum Gasteiger partial charge on any atom is 0.270 e. The molecule has 0 saturated carbocycles. The van der Waals surface area contributed by atoms with Gasteiger partial charge in [-0.05, 0) is 49.2 Å². The summed E-state index contributed by atoms with van der Waals surface area (Å²) in [5.74, 6) is 1.39. The summed E-state index contributed by atoms with van der Waals surface area (Å²) in [5, 5.41) is 20.6. The first-order valence-corrected chi connectivity index (χ1v) is 8.88. The number of fused-ring (bicyclic) bond motifs is 1. The number of nitro groups is 1. The molecule has 0 fully saturated rings. The van der Waals surface area contributed by atoms with Crippen LogP contribution in [0, 0.1) is 35.3 Å². The molecule has 7 heteroatoms. The van der Waals surface area contributed by atoms with E-state index in [1.807, 2.05) is 26.0 Å². The monoisotopic (exact) mass is 384 g/mol. The van der Waals surface area contributed by atoms with Crippen LogP contribution in [0.15, 0.2) is 52.9 Å². The SMILES string of the molecule is Cc1cc2nc(C(C#N)=Cc3ccc(-c4cccc([N+](=O)[O-])c4)o3)[nH]c2cc1C. The van der Waals surface area contributed by atoms with Crippen molar-refractivity contribution in [2.45, 2.75) is 13.8 Å². The van der Waals surface area contributed by atoms with Crippen LogP contribution in [0.25, 0.3) is 34.0 Å². The number of nitrogens with zero attached hydrogens (tertiary/aromatic N) is 3. The fraction of sp³-hybridized carbons (Fsp3) is 0.0909. The lowest BCUT2D eigenvalue weighted by Crippen LogP contribution is -1.87. The van der Waals surface area contributed by atoms with E-state index in [1.165, 1.54) is 12.1 Å². The van der Waals surface area contributed by atoms with E-state index in [-0.39, 0.29) is 5.69 Å². The first-order valence-electron chi connectivity index (χ1n) is 8.88. The van der Waals surface area contributed by atoms with Crippen LogP contribution in [0.4, 0.5) is 5.69 Å². The topological polar surface area (TPSA) is 109 Å². The molecule has 29 heavy (non-hydrogen) atoms. The highest BCUT2D eigenvalue weighted by Crippen LogP contribution is 2.28. The molecule has 2 heterocycles. The second-order valence-electron chi connectivity index (χ2n) is 6.72. The van der Waals surface area contributed by atoms with Crippen LogP contribution in [-0.2, 0) is 0 Å². The van der Waals surface area contributed by atoms with E-state index in [9.17, 15) is 15.4 Å². The third-order valence-electron chi connectivity index (χ3n) is 4.73. The van der Waals surface area contributed by atoms with E-state index < -0.39 is 4.92 Å². The van der Waals surface area contributed by atoms with Gasteiger partial charge in [-0.1, -0.05) is 12.1 Å². The Morgan fingerprint density at radius 1 is 1.21 bits per heavy atom. The highest BCUT2D eigenvalue weighted by molar-refractivity contribution is 5.90. The van der Waals surface area contributed by atoms with Gasteiger partial charge in [0.05, 0.1) is 21.5 Å². The van der Waals surface area contributed by atoms with Crippen molar-refractivity contribution in [2.75, 3.05) is 0 Å². The normalized spacial score (nSPS) is 11.6. The molecule has 142 valence electrons. The van der Waals surface area contributed by atoms with Gasteiger partial charge >= 0.3 is 0 Å². The van der Waals surface area contributed by atoms with E-state index in [1.54, 1.807) is 30.3 Å². The van der Waals surface area contributed by atoms with Gasteiger partial charge in [0.1, 0.15) is 23.4 Å². The molecule has 0 atom stereocenters. The number of hydrogen-bond donors (Lipinski definition) is 1. The zero-order valence-electron chi connectivity index (χ0n) is 15.8. The summed E-state index contributed by atoms with van der Waals surface area (Å²) in [5.41, 5.74) is 4.83. The molecule has 0 unspecified atom stereocenters. The average molecular weight is 384 g/mol. The summed E-state index contributed by atoms with van der Waals surface area (Å²) in [6, 6.07) is 15.8. The summed E-state index contributed by atoms with van der Waals surface area (Å²) in [4.78, 5) is 18.2. The van der Waals surface area contributed by atoms with Gasteiger partial charge in [0, 0.05) is 23.8 Å². The number of nitro benzene ring substituents is 1. The summed E-state index contributed by atoms with van der Waals surface area (Å²) < 4.78 is 5.78. The average Bonchev–Trinajstić information content (AvgIpc) is 3.33. The largest absolute Gasteiger partial charge is 0.457 e. The smallest absolute Gasteiger partial charge is 0.270 e. The van der Waals surface area contributed by atoms with Crippen LogP contribution in [-0.4, -0.2) is 14.9 Å². The Bertz CT molecular complexity index is 1280.